The van der Waals surface area contributed by atoms with E-state index in [1.165, 1.54) is 6.08 Å². The van der Waals surface area contributed by atoms with Crippen molar-refractivity contribution in [3.05, 3.63) is 78.8 Å². The predicted molar refractivity (Wildman–Crippen MR) is 117 cm³/mol. The molecular formula is C24H24N4O2. The largest absolute Gasteiger partial charge is 0.338 e. The molecule has 3 aromatic rings. The molecule has 0 unspecified atom stereocenters. The van der Waals surface area contributed by atoms with E-state index in [0.717, 1.165) is 42.5 Å². The third-order valence-corrected chi connectivity index (χ3v) is 5.40. The molecule has 2 aromatic carbocycles. The molecule has 6 heteroatoms. The van der Waals surface area contributed by atoms with Crippen molar-refractivity contribution in [1.29, 1.82) is 0 Å². The summed E-state index contributed by atoms with van der Waals surface area (Å²) < 4.78 is 0. The lowest BCUT2D eigenvalue weighted by molar-refractivity contribution is -0.111. The van der Waals surface area contributed by atoms with Gasteiger partial charge in [0, 0.05) is 42.3 Å². The first kappa shape index (κ1) is 19.8. The maximum atomic E-state index is 13.0. The molecular weight excluding hydrogens is 376 g/mol. The number of anilines is 1. The molecule has 1 fully saturated rings. The molecule has 1 aliphatic rings. The standard InChI is InChI=1S/C24H24N4O2/c1-2-23(29)26-20-11-9-18(10-12-20)24(30)28-13-5-6-17(16-28)14-22-25-15-19-7-3-4-8-21(19)27-22/h2-4,7-12,15,17H,1,5-6,13-14,16H2,(H,26,29)/t17-/m0/s1. The van der Waals surface area contributed by atoms with Crippen LogP contribution in [0.1, 0.15) is 29.0 Å². The van der Waals surface area contributed by atoms with Gasteiger partial charge in [0.05, 0.1) is 5.52 Å². The Morgan fingerprint density at radius 2 is 1.97 bits per heavy atom. The van der Waals surface area contributed by atoms with Gasteiger partial charge in [-0.1, -0.05) is 24.8 Å². The molecule has 0 radical (unpaired) electrons. The molecule has 0 spiro atoms. The number of carbonyl (C=O) groups excluding carboxylic acids is 2. The van der Waals surface area contributed by atoms with Gasteiger partial charge in [0.25, 0.3) is 5.91 Å². The number of nitrogens with zero attached hydrogens (tertiary/aromatic N) is 3. The van der Waals surface area contributed by atoms with Crippen LogP contribution in [0.5, 0.6) is 0 Å². The zero-order chi connectivity index (χ0) is 20.9. The highest BCUT2D eigenvalue weighted by Gasteiger charge is 2.25. The Morgan fingerprint density at radius 3 is 2.77 bits per heavy atom. The fraction of sp³-hybridized carbons (Fsp3) is 0.250. The lowest BCUT2D eigenvalue weighted by Gasteiger charge is -2.32. The fourth-order valence-corrected chi connectivity index (χ4v) is 3.86. The van der Waals surface area contributed by atoms with Crippen molar-refractivity contribution in [2.24, 2.45) is 5.92 Å². The summed E-state index contributed by atoms with van der Waals surface area (Å²) in [6.07, 6.45) is 5.88. The molecule has 152 valence electrons. The van der Waals surface area contributed by atoms with Crippen molar-refractivity contribution in [1.82, 2.24) is 14.9 Å². The van der Waals surface area contributed by atoms with Crippen LogP contribution in [0.2, 0.25) is 0 Å². The second-order valence-electron chi connectivity index (χ2n) is 7.58. The van der Waals surface area contributed by atoms with Crippen molar-refractivity contribution in [3.63, 3.8) is 0 Å². The van der Waals surface area contributed by atoms with Gasteiger partial charge in [0.2, 0.25) is 5.91 Å². The summed E-state index contributed by atoms with van der Waals surface area (Å²) in [5.41, 5.74) is 2.21. The average molecular weight is 400 g/mol. The van der Waals surface area contributed by atoms with E-state index >= 15 is 0 Å². The molecule has 4 rings (SSSR count). The van der Waals surface area contributed by atoms with Gasteiger partial charge in [-0.25, -0.2) is 9.97 Å². The zero-order valence-corrected chi connectivity index (χ0v) is 16.8. The second kappa shape index (κ2) is 8.86. The third kappa shape index (κ3) is 4.54. The highest BCUT2D eigenvalue weighted by molar-refractivity contribution is 5.99. The number of amides is 2. The van der Waals surface area contributed by atoms with Gasteiger partial charge < -0.3 is 10.2 Å². The van der Waals surface area contributed by atoms with Crippen LogP contribution < -0.4 is 5.32 Å². The molecule has 6 nitrogen and oxygen atoms in total. The Kier molecular flexibility index (Phi) is 5.84. The summed E-state index contributed by atoms with van der Waals surface area (Å²) in [5, 5.41) is 3.72. The monoisotopic (exact) mass is 400 g/mol. The van der Waals surface area contributed by atoms with E-state index in [0.29, 0.717) is 23.7 Å². The number of carbonyl (C=O) groups is 2. The number of likely N-dealkylation sites (tertiary alicyclic amines) is 1. The molecule has 1 atom stereocenters. The van der Waals surface area contributed by atoms with Gasteiger partial charge >= 0.3 is 0 Å². The summed E-state index contributed by atoms with van der Waals surface area (Å²) in [6.45, 7) is 4.89. The van der Waals surface area contributed by atoms with E-state index in [1.54, 1.807) is 24.3 Å². The Balaban J connectivity index is 1.40. The maximum Gasteiger partial charge on any atom is 0.253 e. The number of benzene rings is 2. The van der Waals surface area contributed by atoms with Crippen LogP contribution in [0.3, 0.4) is 0 Å². The van der Waals surface area contributed by atoms with Gasteiger partial charge in [0.1, 0.15) is 5.82 Å². The van der Waals surface area contributed by atoms with Crippen LogP contribution in [0.25, 0.3) is 10.9 Å². The first-order valence-corrected chi connectivity index (χ1v) is 10.2. The van der Waals surface area contributed by atoms with Crippen molar-refractivity contribution in [3.8, 4) is 0 Å². The Hall–Kier alpha value is -3.54. The molecule has 0 saturated carbocycles. The summed E-state index contributed by atoms with van der Waals surface area (Å²) in [4.78, 5) is 35.4. The molecule has 0 aliphatic carbocycles. The number of nitrogens with one attached hydrogen (secondary N) is 1. The first-order chi connectivity index (χ1) is 14.6. The minimum absolute atomic E-state index is 0.0146. The lowest BCUT2D eigenvalue weighted by atomic mass is 9.94. The van der Waals surface area contributed by atoms with Gasteiger partial charge in [-0.3, -0.25) is 9.59 Å². The molecule has 0 bridgehead atoms. The second-order valence-corrected chi connectivity index (χ2v) is 7.58. The molecule has 1 N–H and O–H groups in total. The topological polar surface area (TPSA) is 75.2 Å². The predicted octanol–water partition coefficient (Wildman–Crippen LogP) is 3.85. The first-order valence-electron chi connectivity index (χ1n) is 10.2. The Bertz CT molecular complexity index is 1080. The molecule has 1 saturated heterocycles. The van der Waals surface area contributed by atoms with Crippen LogP contribution in [-0.2, 0) is 11.2 Å². The van der Waals surface area contributed by atoms with E-state index in [2.05, 4.69) is 21.9 Å². The third-order valence-electron chi connectivity index (χ3n) is 5.40. The van der Waals surface area contributed by atoms with Crippen LogP contribution in [0.4, 0.5) is 5.69 Å². The number of hydrogen-bond donors (Lipinski definition) is 1. The zero-order valence-electron chi connectivity index (χ0n) is 16.8. The van der Waals surface area contributed by atoms with Crippen molar-refractivity contribution in [2.45, 2.75) is 19.3 Å². The quantitative estimate of drug-likeness (QED) is 0.660. The summed E-state index contributed by atoms with van der Waals surface area (Å²) in [6, 6.07) is 14.9. The highest BCUT2D eigenvalue weighted by atomic mass is 16.2. The molecule has 30 heavy (non-hydrogen) atoms. The van der Waals surface area contributed by atoms with Crippen molar-refractivity contribution in [2.75, 3.05) is 18.4 Å². The van der Waals surface area contributed by atoms with Crippen molar-refractivity contribution >= 4 is 28.4 Å². The number of para-hydroxylation sites is 1. The smallest absolute Gasteiger partial charge is 0.253 e. The van der Waals surface area contributed by atoms with E-state index in [-0.39, 0.29) is 11.8 Å². The number of rotatable bonds is 5. The van der Waals surface area contributed by atoms with Gasteiger partial charge in [-0.15, -0.1) is 0 Å². The minimum Gasteiger partial charge on any atom is -0.338 e. The van der Waals surface area contributed by atoms with Crippen LogP contribution in [0, 0.1) is 5.92 Å². The molecule has 1 aliphatic heterocycles. The van der Waals surface area contributed by atoms with E-state index < -0.39 is 0 Å². The van der Waals surface area contributed by atoms with Crippen LogP contribution >= 0.6 is 0 Å². The fourth-order valence-electron chi connectivity index (χ4n) is 3.86. The molecule has 1 aromatic heterocycles. The van der Waals surface area contributed by atoms with E-state index in [1.807, 2.05) is 35.4 Å². The maximum absolute atomic E-state index is 13.0. The van der Waals surface area contributed by atoms with Gasteiger partial charge in [-0.2, -0.15) is 0 Å². The van der Waals surface area contributed by atoms with Gasteiger partial charge in [0.15, 0.2) is 0 Å². The molecule has 2 amide bonds. The summed E-state index contributed by atoms with van der Waals surface area (Å²) in [7, 11) is 0. The Labute approximate surface area is 175 Å². The van der Waals surface area contributed by atoms with Crippen LogP contribution in [-0.4, -0.2) is 39.8 Å². The van der Waals surface area contributed by atoms with Gasteiger partial charge in [-0.05, 0) is 55.2 Å². The van der Waals surface area contributed by atoms with Crippen LogP contribution in [0.15, 0.2) is 67.4 Å². The molecule has 2 heterocycles. The van der Waals surface area contributed by atoms with E-state index in [9.17, 15) is 9.59 Å². The summed E-state index contributed by atoms with van der Waals surface area (Å²) >= 11 is 0. The number of fused-ring (bicyclic) bond motifs is 1. The normalized spacial score (nSPS) is 16.3. The number of piperidine rings is 1. The SMILES string of the molecule is C=CC(=O)Nc1ccc(C(=O)N2CCC[C@@H](Cc3ncc4ccccc4n3)C2)cc1. The minimum atomic E-state index is -0.274. The number of aromatic nitrogens is 2. The van der Waals surface area contributed by atoms with Crippen molar-refractivity contribution < 1.29 is 9.59 Å². The average Bonchev–Trinajstić information content (AvgIpc) is 2.79. The summed E-state index contributed by atoms with van der Waals surface area (Å²) in [5.74, 6) is 0.912. The Morgan fingerprint density at radius 1 is 1.17 bits per heavy atom. The van der Waals surface area contributed by atoms with E-state index in [4.69, 9.17) is 0 Å². The highest BCUT2D eigenvalue weighted by Crippen LogP contribution is 2.22. The number of hydrogen-bond acceptors (Lipinski definition) is 4. The lowest BCUT2D eigenvalue weighted by Crippen LogP contribution is -2.40.